The van der Waals surface area contributed by atoms with Gasteiger partial charge in [-0.3, -0.25) is 4.79 Å². The molecule has 0 unspecified atom stereocenters. The van der Waals surface area contributed by atoms with Crippen LogP contribution in [0, 0.1) is 0 Å². The van der Waals surface area contributed by atoms with Gasteiger partial charge in [0, 0.05) is 19.7 Å². The molecule has 1 aromatic heterocycles. The number of ether oxygens (including phenoxy) is 1. The van der Waals surface area contributed by atoms with Crippen molar-refractivity contribution in [2.75, 3.05) is 13.7 Å². The summed E-state index contributed by atoms with van der Waals surface area (Å²) in [5.41, 5.74) is 0.823. The molecule has 126 valence electrons. The molecule has 0 N–H and O–H groups in total. The van der Waals surface area contributed by atoms with Crippen LogP contribution in [-0.2, 0) is 20.9 Å². The van der Waals surface area contributed by atoms with Gasteiger partial charge in [-0.05, 0) is 35.9 Å². The zero-order chi connectivity index (χ0) is 17.5. The smallest absolute Gasteiger partial charge is 0.331 e. The summed E-state index contributed by atoms with van der Waals surface area (Å²) in [4.78, 5) is 25.0. The van der Waals surface area contributed by atoms with Crippen LogP contribution in [0.4, 0.5) is 0 Å². The molecule has 0 aliphatic rings. The van der Waals surface area contributed by atoms with Gasteiger partial charge >= 0.3 is 5.97 Å². The molecule has 0 spiro atoms. The average molecular weight is 368 g/mol. The highest BCUT2D eigenvalue weighted by Gasteiger charge is 2.12. The molecule has 7 heteroatoms. The van der Waals surface area contributed by atoms with Gasteiger partial charge in [-0.25, -0.2) is 4.79 Å². The first-order valence-corrected chi connectivity index (χ1v) is 7.77. The van der Waals surface area contributed by atoms with Crippen LogP contribution in [0.2, 0.25) is 10.0 Å². The van der Waals surface area contributed by atoms with Crippen molar-refractivity contribution in [1.29, 1.82) is 0 Å². The van der Waals surface area contributed by atoms with Crippen LogP contribution < -0.4 is 0 Å². The second-order valence-electron chi connectivity index (χ2n) is 4.95. The van der Waals surface area contributed by atoms with E-state index in [1.54, 1.807) is 37.4 Å². The molecule has 5 nitrogen and oxygen atoms in total. The van der Waals surface area contributed by atoms with E-state index in [4.69, 9.17) is 32.4 Å². The first-order chi connectivity index (χ1) is 11.5. The lowest BCUT2D eigenvalue weighted by Crippen LogP contribution is -2.30. The molecule has 2 aromatic rings. The Morgan fingerprint density at radius 1 is 1.25 bits per heavy atom. The van der Waals surface area contributed by atoms with Gasteiger partial charge in [0.25, 0.3) is 5.91 Å². The molecular formula is C17H15Cl2NO4. The third-order valence-corrected chi connectivity index (χ3v) is 3.83. The van der Waals surface area contributed by atoms with Crippen molar-refractivity contribution in [3.63, 3.8) is 0 Å². The highest BCUT2D eigenvalue weighted by Crippen LogP contribution is 2.23. The Balaban J connectivity index is 1.80. The number of benzene rings is 1. The van der Waals surface area contributed by atoms with Crippen LogP contribution in [0.5, 0.6) is 0 Å². The van der Waals surface area contributed by atoms with Crippen molar-refractivity contribution < 1.29 is 18.7 Å². The van der Waals surface area contributed by atoms with Crippen LogP contribution >= 0.6 is 23.2 Å². The Morgan fingerprint density at radius 2 is 2.04 bits per heavy atom. The van der Waals surface area contributed by atoms with E-state index in [1.807, 2.05) is 0 Å². The number of halogens is 2. The SMILES string of the molecule is CN(Cc1ccc(Cl)c(Cl)c1)C(=O)COC(=O)/C=C/c1ccco1. The quantitative estimate of drug-likeness (QED) is 0.575. The molecule has 0 aliphatic heterocycles. The van der Waals surface area contributed by atoms with E-state index in [0.29, 0.717) is 22.4 Å². The van der Waals surface area contributed by atoms with Gasteiger partial charge < -0.3 is 14.1 Å². The van der Waals surface area contributed by atoms with E-state index < -0.39 is 5.97 Å². The Morgan fingerprint density at radius 3 is 2.71 bits per heavy atom. The van der Waals surface area contributed by atoms with Crippen molar-refractivity contribution >= 4 is 41.2 Å². The topological polar surface area (TPSA) is 59.8 Å². The molecule has 0 fully saturated rings. The van der Waals surface area contributed by atoms with E-state index in [9.17, 15) is 9.59 Å². The monoisotopic (exact) mass is 367 g/mol. The molecule has 1 aromatic carbocycles. The number of furan rings is 1. The van der Waals surface area contributed by atoms with Crippen molar-refractivity contribution in [2.45, 2.75) is 6.54 Å². The standard InChI is InChI=1S/C17H15Cl2NO4/c1-20(10-12-4-6-14(18)15(19)9-12)16(21)11-24-17(22)7-5-13-3-2-8-23-13/h2-9H,10-11H2,1H3/b7-5+. The van der Waals surface area contributed by atoms with Crippen molar-refractivity contribution in [1.82, 2.24) is 4.90 Å². The van der Waals surface area contributed by atoms with E-state index in [0.717, 1.165) is 5.56 Å². The number of amides is 1. The van der Waals surface area contributed by atoms with Crippen LogP contribution in [-0.4, -0.2) is 30.4 Å². The minimum atomic E-state index is -0.623. The molecule has 0 radical (unpaired) electrons. The summed E-state index contributed by atoms with van der Waals surface area (Å²) in [5.74, 6) is -0.432. The normalized spacial score (nSPS) is 10.8. The fraction of sp³-hybridized carbons (Fsp3) is 0.176. The number of likely N-dealkylation sites (N-methyl/N-ethyl adjacent to an activating group) is 1. The number of esters is 1. The maximum Gasteiger partial charge on any atom is 0.331 e. The fourth-order valence-corrected chi connectivity index (χ4v) is 2.15. The maximum atomic E-state index is 12.0. The zero-order valence-electron chi connectivity index (χ0n) is 12.9. The second kappa shape index (κ2) is 8.57. The number of nitrogens with zero attached hydrogens (tertiary/aromatic N) is 1. The first kappa shape index (κ1) is 18.1. The Bertz CT molecular complexity index is 741. The lowest BCUT2D eigenvalue weighted by molar-refractivity contribution is -0.147. The van der Waals surface area contributed by atoms with Gasteiger partial charge in [0.15, 0.2) is 6.61 Å². The zero-order valence-corrected chi connectivity index (χ0v) is 14.4. The molecule has 2 rings (SSSR count). The summed E-state index contributed by atoms with van der Waals surface area (Å²) in [6.07, 6.45) is 4.16. The molecule has 0 atom stereocenters. The van der Waals surface area contributed by atoms with Gasteiger partial charge in [-0.2, -0.15) is 0 Å². The summed E-state index contributed by atoms with van der Waals surface area (Å²) in [6.45, 7) is -0.0192. The summed E-state index contributed by atoms with van der Waals surface area (Å²) in [5, 5.41) is 0.871. The minimum Gasteiger partial charge on any atom is -0.465 e. The lowest BCUT2D eigenvalue weighted by Gasteiger charge is -2.17. The predicted octanol–water partition coefficient (Wildman–Crippen LogP) is 3.80. The van der Waals surface area contributed by atoms with E-state index in [1.165, 1.54) is 23.3 Å². The Hall–Kier alpha value is -2.24. The summed E-state index contributed by atoms with van der Waals surface area (Å²) < 4.78 is 9.94. The van der Waals surface area contributed by atoms with Gasteiger partial charge in [-0.15, -0.1) is 0 Å². The molecule has 0 aliphatic carbocycles. The number of hydrogen-bond donors (Lipinski definition) is 0. The second-order valence-corrected chi connectivity index (χ2v) is 5.77. The van der Waals surface area contributed by atoms with E-state index >= 15 is 0 Å². The Labute approximate surface area is 149 Å². The van der Waals surface area contributed by atoms with E-state index in [-0.39, 0.29) is 12.5 Å². The predicted molar refractivity (Wildman–Crippen MR) is 91.6 cm³/mol. The molecular weight excluding hydrogens is 353 g/mol. The number of hydrogen-bond acceptors (Lipinski definition) is 4. The lowest BCUT2D eigenvalue weighted by atomic mass is 10.2. The fourth-order valence-electron chi connectivity index (χ4n) is 1.83. The number of carbonyl (C=O) groups excluding carboxylic acids is 2. The maximum absolute atomic E-state index is 12.0. The van der Waals surface area contributed by atoms with Crippen LogP contribution in [0.15, 0.2) is 47.1 Å². The molecule has 1 heterocycles. The average Bonchev–Trinajstić information content (AvgIpc) is 3.07. The van der Waals surface area contributed by atoms with Crippen molar-refractivity contribution in [2.24, 2.45) is 0 Å². The molecule has 0 saturated heterocycles. The van der Waals surface area contributed by atoms with E-state index in [2.05, 4.69) is 0 Å². The van der Waals surface area contributed by atoms with Crippen LogP contribution in [0.1, 0.15) is 11.3 Å². The molecule has 0 bridgehead atoms. The molecule has 0 saturated carbocycles. The highest BCUT2D eigenvalue weighted by atomic mass is 35.5. The minimum absolute atomic E-state index is 0.329. The molecule has 1 amide bonds. The Kier molecular flexibility index (Phi) is 6.46. The van der Waals surface area contributed by atoms with Crippen molar-refractivity contribution in [3.05, 3.63) is 64.0 Å². The summed E-state index contributed by atoms with van der Waals surface area (Å²) in [6, 6.07) is 8.52. The summed E-state index contributed by atoms with van der Waals surface area (Å²) >= 11 is 11.8. The third kappa shape index (κ3) is 5.44. The van der Waals surface area contributed by atoms with Gasteiger partial charge in [0.1, 0.15) is 5.76 Å². The number of carbonyl (C=O) groups is 2. The number of rotatable bonds is 6. The van der Waals surface area contributed by atoms with Gasteiger partial charge in [-0.1, -0.05) is 29.3 Å². The molecule has 24 heavy (non-hydrogen) atoms. The third-order valence-electron chi connectivity index (χ3n) is 3.09. The van der Waals surface area contributed by atoms with Gasteiger partial charge in [0.2, 0.25) is 0 Å². The highest BCUT2D eigenvalue weighted by molar-refractivity contribution is 6.42. The summed E-state index contributed by atoms with van der Waals surface area (Å²) in [7, 11) is 1.61. The first-order valence-electron chi connectivity index (χ1n) is 7.02. The van der Waals surface area contributed by atoms with Crippen molar-refractivity contribution in [3.8, 4) is 0 Å². The largest absolute Gasteiger partial charge is 0.465 e. The van der Waals surface area contributed by atoms with Gasteiger partial charge in [0.05, 0.1) is 16.3 Å². The van der Waals surface area contributed by atoms with Crippen LogP contribution in [0.3, 0.4) is 0 Å². The van der Waals surface area contributed by atoms with Crippen LogP contribution in [0.25, 0.3) is 6.08 Å².